The van der Waals surface area contributed by atoms with Crippen LogP contribution in [0.4, 0.5) is 0 Å². The number of methoxy groups -OCH3 is 1. The highest BCUT2D eigenvalue weighted by Crippen LogP contribution is 2.21. The SMILES string of the molecule is CCc1c(C)nc2c(OC)cccn12. The van der Waals surface area contributed by atoms with E-state index in [2.05, 4.69) is 16.3 Å². The number of fused-ring (bicyclic) bond motifs is 1. The van der Waals surface area contributed by atoms with Crippen molar-refractivity contribution in [3.05, 3.63) is 29.7 Å². The first-order valence-corrected chi connectivity index (χ1v) is 4.78. The van der Waals surface area contributed by atoms with Crippen LogP contribution in [-0.4, -0.2) is 16.5 Å². The van der Waals surface area contributed by atoms with Gasteiger partial charge >= 0.3 is 0 Å². The van der Waals surface area contributed by atoms with Crippen LogP contribution in [0.3, 0.4) is 0 Å². The van der Waals surface area contributed by atoms with Crippen molar-refractivity contribution in [1.82, 2.24) is 9.38 Å². The number of pyridine rings is 1. The summed E-state index contributed by atoms with van der Waals surface area (Å²) in [6.45, 7) is 4.17. The summed E-state index contributed by atoms with van der Waals surface area (Å²) in [6, 6.07) is 3.91. The fraction of sp³-hybridized carbons (Fsp3) is 0.364. The van der Waals surface area contributed by atoms with Gasteiger partial charge in [0, 0.05) is 11.9 Å². The summed E-state index contributed by atoms with van der Waals surface area (Å²) in [5.74, 6) is 0.829. The zero-order valence-electron chi connectivity index (χ0n) is 8.74. The summed E-state index contributed by atoms with van der Waals surface area (Å²) in [5, 5.41) is 0. The molecule has 0 radical (unpaired) electrons. The number of hydrogen-bond acceptors (Lipinski definition) is 2. The van der Waals surface area contributed by atoms with Crippen molar-refractivity contribution in [3.8, 4) is 5.75 Å². The molecule has 0 aliphatic heterocycles. The topological polar surface area (TPSA) is 26.5 Å². The molecule has 0 aromatic carbocycles. The zero-order valence-corrected chi connectivity index (χ0v) is 8.74. The molecular formula is C11H14N2O. The Morgan fingerprint density at radius 1 is 1.50 bits per heavy atom. The largest absolute Gasteiger partial charge is 0.493 e. The third-order valence-corrected chi connectivity index (χ3v) is 2.47. The van der Waals surface area contributed by atoms with E-state index < -0.39 is 0 Å². The van der Waals surface area contributed by atoms with Crippen LogP contribution < -0.4 is 4.74 Å². The van der Waals surface area contributed by atoms with E-state index in [0.29, 0.717) is 0 Å². The van der Waals surface area contributed by atoms with Crippen molar-refractivity contribution in [1.29, 1.82) is 0 Å². The second-order valence-electron chi connectivity index (χ2n) is 3.27. The molecule has 74 valence electrons. The van der Waals surface area contributed by atoms with E-state index >= 15 is 0 Å². The minimum atomic E-state index is 0.829. The number of imidazole rings is 1. The van der Waals surface area contributed by atoms with Gasteiger partial charge in [0.15, 0.2) is 11.4 Å². The maximum absolute atomic E-state index is 5.26. The lowest BCUT2D eigenvalue weighted by Gasteiger charge is -2.02. The molecule has 0 amide bonds. The van der Waals surface area contributed by atoms with Gasteiger partial charge in [0.1, 0.15) is 0 Å². The average molecular weight is 190 g/mol. The van der Waals surface area contributed by atoms with Crippen molar-refractivity contribution in [3.63, 3.8) is 0 Å². The molecule has 0 aliphatic carbocycles. The molecule has 2 aromatic rings. The van der Waals surface area contributed by atoms with Gasteiger partial charge < -0.3 is 9.14 Å². The Morgan fingerprint density at radius 3 is 2.93 bits per heavy atom. The summed E-state index contributed by atoms with van der Waals surface area (Å²) >= 11 is 0. The lowest BCUT2D eigenvalue weighted by atomic mass is 10.3. The molecule has 0 N–H and O–H groups in total. The summed E-state index contributed by atoms with van der Waals surface area (Å²) in [6.07, 6.45) is 3.01. The maximum Gasteiger partial charge on any atom is 0.180 e. The molecule has 0 aliphatic rings. The first kappa shape index (κ1) is 9.06. The lowest BCUT2D eigenvalue weighted by Crippen LogP contribution is -1.93. The van der Waals surface area contributed by atoms with Gasteiger partial charge in [-0.2, -0.15) is 0 Å². The van der Waals surface area contributed by atoms with Gasteiger partial charge in [-0.25, -0.2) is 4.98 Å². The predicted molar refractivity (Wildman–Crippen MR) is 55.9 cm³/mol. The van der Waals surface area contributed by atoms with Crippen molar-refractivity contribution in [2.45, 2.75) is 20.3 Å². The second kappa shape index (κ2) is 3.33. The molecule has 2 aromatic heterocycles. The van der Waals surface area contributed by atoms with Gasteiger partial charge in [-0.15, -0.1) is 0 Å². The van der Waals surface area contributed by atoms with Gasteiger partial charge in [0.2, 0.25) is 0 Å². The molecular weight excluding hydrogens is 176 g/mol. The van der Waals surface area contributed by atoms with E-state index in [1.54, 1.807) is 7.11 Å². The Hall–Kier alpha value is -1.51. The molecule has 0 fully saturated rings. The van der Waals surface area contributed by atoms with E-state index in [4.69, 9.17) is 4.74 Å². The smallest absolute Gasteiger partial charge is 0.180 e. The van der Waals surface area contributed by atoms with E-state index in [0.717, 1.165) is 23.5 Å². The van der Waals surface area contributed by atoms with E-state index in [-0.39, 0.29) is 0 Å². The number of ether oxygens (including phenoxy) is 1. The van der Waals surface area contributed by atoms with Gasteiger partial charge in [-0.1, -0.05) is 6.92 Å². The van der Waals surface area contributed by atoms with Gasteiger partial charge in [0.25, 0.3) is 0 Å². The molecule has 14 heavy (non-hydrogen) atoms. The van der Waals surface area contributed by atoms with Crippen molar-refractivity contribution < 1.29 is 4.74 Å². The highest BCUT2D eigenvalue weighted by atomic mass is 16.5. The highest BCUT2D eigenvalue weighted by molar-refractivity contribution is 5.55. The summed E-state index contributed by atoms with van der Waals surface area (Å²) in [5.41, 5.74) is 3.24. The van der Waals surface area contributed by atoms with Crippen LogP contribution in [0, 0.1) is 6.92 Å². The Labute approximate surface area is 83.3 Å². The quantitative estimate of drug-likeness (QED) is 0.725. The first-order valence-electron chi connectivity index (χ1n) is 4.78. The summed E-state index contributed by atoms with van der Waals surface area (Å²) in [7, 11) is 1.67. The van der Waals surface area contributed by atoms with Crippen LogP contribution in [0.25, 0.3) is 5.65 Å². The van der Waals surface area contributed by atoms with Crippen molar-refractivity contribution in [2.24, 2.45) is 0 Å². The molecule has 0 unspecified atom stereocenters. The number of aryl methyl sites for hydroxylation is 2. The lowest BCUT2D eigenvalue weighted by molar-refractivity contribution is 0.417. The molecule has 0 saturated carbocycles. The van der Waals surface area contributed by atoms with Gasteiger partial charge in [0.05, 0.1) is 12.8 Å². The van der Waals surface area contributed by atoms with Crippen LogP contribution in [-0.2, 0) is 6.42 Å². The molecule has 0 bridgehead atoms. The first-order chi connectivity index (χ1) is 6.77. The Bertz CT molecular complexity index is 460. The van der Waals surface area contributed by atoms with Crippen molar-refractivity contribution >= 4 is 5.65 Å². The zero-order chi connectivity index (χ0) is 10.1. The molecule has 0 saturated heterocycles. The highest BCUT2D eigenvalue weighted by Gasteiger charge is 2.09. The van der Waals surface area contributed by atoms with E-state index in [1.807, 2.05) is 25.3 Å². The molecule has 3 heteroatoms. The van der Waals surface area contributed by atoms with Gasteiger partial charge in [-0.05, 0) is 25.5 Å². The number of rotatable bonds is 2. The number of hydrogen-bond donors (Lipinski definition) is 0. The fourth-order valence-corrected chi connectivity index (χ4v) is 1.79. The number of nitrogens with zero attached hydrogens (tertiary/aromatic N) is 2. The molecule has 0 spiro atoms. The minimum Gasteiger partial charge on any atom is -0.493 e. The molecule has 2 heterocycles. The molecule has 0 atom stereocenters. The third kappa shape index (κ3) is 1.16. The van der Waals surface area contributed by atoms with E-state index in [9.17, 15) is 0 Å². The Morgan fingerprint density at radius 2 is 2.29 bits per heavy atom. The maximum atomic E-state index is 5.26. The minimum absolute atomic E-state index is 0.829. The second-order valence-corrected chi connectivity index (χ2v) is 3.27. The summed E-state index contributed by atoms with van der Waals surface area (Å²) in [4.78, 5) is 4.49. The summed E-state index contributed by atoms with van der Waals surface area (Å²) < 4.78 is 7.35. The molecule has 2 rings (SSSR count). The van der Waals surface area contributed by atoms with Crippen LogP contribution in [0.15, 0.2) is 18.3 Å². The predicted octanol–water partition coefficient (Wildman–Crippen LogP) is 2.21. The molecule has 3 nitrogen and oxygen atoms in total. The monoisotopic (exact) mass is 190 g/mol. The van der Waals surface area contributed by atoms with Gasteiger partial charge in [-0.3, -0.25) is 0 Å². The standard InChI is InChI=1S/C11H14N2O/c1-4-9-8(2)12-11-10(14-3)6-5-7-13(9)11/h5-7H,4H2,1-3H3. The Kier molecular flexibility index (Phi) is 2.15. The fourth-order valence-electron chi connectivity index (χ4n) is 1.79. The normalized spacial score (nSPS) is 10.8. The van der Waals surface area contributed by atoms with Crippen LogP contribution in [0.5, 0.6) is 5.75 Å². The van der Waals surface area contributed by atoms with E-state index in [1.165, 1.54) is 5.69 Å². The van der Waals surface area contributed by atoms with Crippen LogP contribution in [0.2, 0.25) is 0 Å². The van der Waals surface area contributed by atoms with Crippen LogP contribution >= 0.6 is 0 Å². The average Bonchev–Trinajstić information content (AvgIpc) is 2.52. The van der Waals surface area contributed by atoms with Crippen LogP contribution in [0.1, 0.15) is 18.3 Å². The van der Waals surface area contributed by atoms with Crippen molar-refractivity contribution in [2.75, 3.05) is 7.11 Å². The Balaban J connectivity index is 2.79. The third-order valence-electron chi connectivity index (χ3n) is 2.47. The number of aromatic nitrogens is 2.